The van der Waals surface area contributed by atoms with Crippen LogP contribution in [0.3, 0.4) is 0 Å². The first kappa shape index (κ1) is 15.5. The molecular weight excluding hydrogens is 355 g/mol. The van der Waals surface area contributed by atoms with Crippen molar-refractivity contribution in [1.29, 1.82) is 0 Å². The van der Waals surface area contributed by atoms with E-state index in [4.69, 9.17) is 5.11 Å². The van der Waals surface area contributed by atoms with E-state index in [9.17, 15) is 18.0 Å². The summed E-state index contributed by atoms with van der Waals surface area (Å²) in [7, 11) is 0. The number of carboxylic acid groups (broad SMARTS) is 1. The second-order valence-corrected chi connectivity index (χ2v) is 5.12. The van der Waals surface area contributed by atoms with Gasteiger partial charge in [0.2, 0.25) is 0 Å². The third-order valence-electron chi connectivity index (χ3n) is 2.65. The topological polar surface area (TPSA) is 68.0 Å². The van der Waals surface area contributed by atoms with Crippen molar-refractivity contribution in [2.24, 2.45) is 0 Å². The van der Waals surface area contributed by atoms with Gasteiger partial charge in [0.15, 0.2) is 0 Å². The van der Waals surface area contributed by atoms with E-state index in [1.165, 1.54) is 18.3 Å². The van der Waals surface area contributed by atoms with Gasteiger partial charge in [-0.2, -0.15) is 13.2 Å². The summed E-state index contributed by atoms with van der Waals surface area (Å²) < 4.78 is 40.3. The number of aryl methyl sites for hydroxylation is 1. The molecule has 2 aromatic rings. The maximum absolute atomic E-state index is 13.0. The molecule has 0 atom stereocenters. The van der Waals surface area contributed by atoms with Gasteiger partial charge in [-0.05, 0) is 18.2 Å². The van der Waals surface area contributed by atoms with Crippen LogP contribution in [-0.2, 0) is 17.4 Å². The molecule has 0 spiro atoms. The Morgan fingerprint density at radius 1 is 1.38 bits per heavy atom. The van der Waals surface area contributed by atoms with Gasteiger partial charge in [-0.3, -0.25) is 4.79 Å². The lowest BCUT2D eigenvalue weighted by Gasteiger charge is -2.12. The normalized spacial score (nSPS) is 11.6. The quantitative estimate of drug-likeness (QED) is 0.906. The van der Waals surface area contributed by atoms with Crippen molar-refractivity contribution in [3.8, 4) is 5.69 Å². The van der Waals surface area contributed by atoms with Gasteiger partial charge in [0.1, 0.15) is 0 Å². The molecule has 0 fully saturated rings. The minimum atomic E-state index is -4.54. The van der Waals surface area contributed by atoms with Gasteiger partial charge in [0, 0.05) is 10.9 Å². The molecule has 0 unspecified atom stereocenters. The van der Waals surface area contributed by atoms with Gasteiger partial charge in [0.25, 0.3) is 0 Å². The molecule has 0 amide bonds. The van der Waals surface area contributed by atoms with Crippen LogP contribution in [0, 0.1) is 0 Å². The first-order valence-electron chi connectivity index (χ1n) is 5.77. The largest absolute Gasteiger partial charge is 0.481 e. The van der Waals surface area contributed by atoms with Crippen molar-refractivity contribution in [2.45, 2.75) is 19.0 Å². The Morgan fingerprint density at radius 2 is 2.10 bits per heavy atom. The van der Waals surface area contributed by atoms with Crippen LogP contribution in [-0.4, -0.2) is 26.1 Å². The molecule has 1 aromatic heterocycles. The molecule has 0 radical (unpaired) electrons. The zero-order valence-corrected chi connectivity index (χ0v) is 12.0. The number of carbonyl (C=O) groups is 1. The predicted octanol–water partition coefficient (Wildman–Crippen LogP) is 3.07. The Labute approximate surface area is 125 Å². The second kappa shape index (κ2) is 5.84. The van der Waals surface area contributed by atoms with E-state index in [2.05, 4.69) is 26.2 Å². The third-order valence-corrected chi connectivity index (χ3v) is 3.14. The first-order valence-corrected chi connectivity index (χ1v) is 6.57. The van der Waals surface area contributed by atoms with E-state index in [0.29, 0.717) is 10.2 Å². The van der Waals surface area contributed by atoms with Gasteiger partial charge in [0.05, 0.1) is 29.6 Å². The molecule has 1 N–H and O–H groups in total. The molecule has 5 nitrogen and oxygen atoms in total. The SMILES string of the molecule is O=C(O)CCc1cn(-c2ccc(Br)cc2C(F)(F)F)nn1. The van der Waals surface area contributed by atoms with Gasteiger partial charge < -0.3 is 5.11 Å². The summed E-state index contributed by atoms with van der Waals surface area (Å²) in [6.45, 7) is 0. The summed E-state index contributed by atoms with van der Waals surface area (Å²) in [4.78, 5) is 10.5. The van der Waals surface area contributed by atoms with Crippen molar-refractivity contribution in [1.82, 2.24) is 15.0 Å². The number of carboxylic acids is 1. The summed E-state index contributed by atoms with van der Waals surface area (Å²) in [5, 5.41) is 15.9. The van der Waals surface area contributed by atoms with Crippen LogP contribution in [0.15, 0.2) is 28.9 Å². The van der Waals surface area contributed by atoms with Gasteiger partial charge >= 0.3 is 12.1 Å². The molecule has 0 aliphatic carbocycles. The average molecular weight is 364 g/mol. The zero-order chi connectivity index (χ0) is 15.6. The third kappa shape index (κ3) is 3.81. The monoisotopic (exact) mass is 363 g/mol. The number of alkyl halides is 3. The van der Waals surface area contributed by atoms with Crippen molar-refractivity contribution in [2.75, 3.05) is 0 Å². The Balaban J connectivity index is 2.36. The molecule has 0 saturated carbocycles. The number of halogens is 4. The van der Waals surface area contributed by atoms with E-state index in [-0.39, 0.29) is 18.5 Å². The van der Waals surface area contributed by atoms with E-state index >= 15 is 0 Å². The maximum atomic E-state index is 13.0. The fourth-order valence-electron chi connectivity index (χ4n) is 1.70. The van der Waals surface area contributed by atoms with Crippen LogP contribution < -0.4 is 0 Å². The lowest BCUT2D eigenvalue weighted by atomic mass is 10.1. The van der Waals surface area contributed by atoms with Crippen LogP contribution in [0.5, 0.6) is 0 Å². The molecule has 0 aliphatic heterocycles. The average Bonchev–Trinajstić information content (AvgIpc) is 2.84. The molecule has 21 heavy (non-hydrogen) atoms. The summed E-state index contributed by atoms with van der Waals surface area (Å²) in [5.74, 6) is -1.01. The highest BCUT2D eigenvalue weighted by Crippen LogP contribution is 2.35. The number of benzene rings is 1. The smallest absolute Gasteiger partial charge is 0.418 e. The molecule has 0 bridgehead atoms. The first-order chi connectivity index (χ1) is 9.77. The van der Waals surface area contributed by atoms with E-state index < -0.39 is 17.7 Å². The van der Waals surface area contributed by atoms with Crippen molar-refractivity contribution in [3.63, 3.8) is 0 Å². The number of nitrogens with zero attached hydrogens (tertiary/aromatic N) is 3. The lowest BCUT2D eigenvalue weighted by Crippen LogP contribution is -2.11. The summed E-state index contributed by atoms with van der Waals surface area (Å²) in [6.07, 6.45) is -3.30. The second-order valence-electron chi connectivity index (χ2n) is 4.21. The summed E-state index contributed by atoms with van der Waals surface area (Å²) in [5.41, 5.74) is -0.709. The van der Waals surface area contributed by atoms with Gasteiger partial charge in [-0.25, -0.2) is 4.68 Å². The van der Waals surface area contributed by atoms with Crippen LogP contribution >= 0.6 is 15.9 Å². The van der Waals surface area contributed by atoms with Crippen LogP contribution in [0.2, 0.25) is 0 Å². The Bertz CT molecular complexity index is 670. The molecule has 0 saturated heterocycles. The summed E-state index contributed by atoms with van der Waals surface area (Å²) in [6, 6.07) is 3.68. The minimum Gasteiger partial charge on any atom is -0.481 e. The molecule has 1 heterocycles. The van der Waals surface area contributed by atoms with Crippen LogP contribution in [0.4, 0.5) is 13.2 Å². The minimum absolute atomic E-state index is 0.104. The Hall–Kier alpha value is -1.90. The highest BCUT2D eigenvalue weighted by molar-refractivity contribution is 9.10. The standard InChI is InChI=1S/C12H9BrF3N3O2/c13-7-1-3-10(9(5-7)12(14,15)16)19-6-8(17-18-19)2-4-11(20)21/h1,3,5-6H,2,4H2,(H,20,21). The highest BCUT2D eigenvalue weighted by atomic mass is 79.9. The maximum Gasteiger partial charge on any atom is 0.418 e. The molecule has 1 aromatic carbocycles. The Morgan fingerprint density at radius 3 is 2.71 bits per heavy atom. The number of aliphatic carboxylic acids is 1. The van der Waals surface area contributed by atoms with Crippen molar-refractivity contribution in [3.05, 3.63) is 40.1 Å². The number of hydrogen-bond donors (Lipinski definition) is 1. The lowest BCUT2D eigenvalue weighted by molar-refractivity contribution is -0.138. The van der Waals surface area contributed by atoms with Gasteiger partial charge in [-0.15, -0.1) is 5.10 Å². The zero-order valence-electron chi connectivity index (χ0n) is 10.4. The van der Waals surface area contributed by atoms with E-state index in [0.717, 1.165) is 10.7 Å². The number of aromatic nitrogens is 3. The molecule has 9 heteroatoms. The molecule has 2 rings (SSSR count). The fourth-order valence-corrected chi connectivity index (χ4v) is 2.06. The van der Waals surface area contributed by atoms with E-state index in [1.54, 1.807) is 0 Å². The molecular formula is C12H9BrF3N3O2. The van der Waals surface area contributed by atoms with Gasteiger partial charge in [-0.1, -0.05) is 21.1 Å². The fraction of sp³-hybridized carbons (Fsp3) is 0.250. The predicted molar refractivity (Wildman–Crippen MR) is 70.0 cm³/mol. The number of rotatable bonds is 4. The van der Waals surface area contributed by atoms with Crippen molar-refractivity contribution < 1.29 is 23.1 Å². The van der Waals surface area contributed by atoms with Crippen LogP contribution in [0.25, 0.3) is 5.69 Å². The molecule has 0 aliphatic rings. The highest BCUT2D eigenvalue weighted by Gasteiger charge is 2.34. The van der Waals surface area contributed by atoms with Crippen molar-refractivity contribution >= 4 is 21.9 Å². The summed E-state index contributed by atoms with van der Waals surface area (Å²) >= 11 is 3.00. The van der Waals surface area contributed by atoms with Crippen LogP contribution in [0.1, 0.15) is 17.7 Å². The Kier molecular flexibility index (Phi) is 4.31. The van der Waals surface area contributed by atoms with E-state index in [1.807, 2.05) is 0 Å². The molecule has 112 valence electrons. The number of hydrogen-bond acceptors (Lipinski definition) is 3.